The first-order valence-corrected chi connectivity index (χ1v) is 11.0. The van der Waals surface area contributed by atoms with E-state index in [0.717, 1.165) is 6.92 Å². The second-order valence-electron chi connectivity index (χ2n) is 6.55. The van der Waals surface area contributed by atoms with E-state index in [-0.39, 0.29) is 11.1 Å². The lowest BCUT2D eigenvalue weighted by atomic mass is 9.89. The van der Waals surface area contributed by atoms with Crippen molar-refractivity contribution in [1.82, 2.24) is 5.32 Å². The Balaban J connectivity index is 3.77. The van der Waals surface area contributed by atoms with Gasteiger partial charge in [0.1, 0.15) is 0 Å². The maximum Gasteiger partial charge on any atom is 0.498 e. The van der Waals surface area contributed by atoms with Crippen molar-refractivity contribution in [1.29, 1.82) is 0 Å². The molecule has 0 spiro atoms. The number of alkyl halides is 6. The Labute approximate surface area is 168 Å². The van der Waals surface area contributed by atoms with Gasteiger partial charge in [0.2, 0.25) is 5.91 Å². The van der Waals surface area contributed by atoms with Crippen molar-refractivity contribution in [2.24, 2.45) is 0 Å². The zero-order valence-electron chi connectivity index (χ0n) is 15.5. The summed E-state index contributed by atoms with van der Waals surface area (Å²) in [6, 6.07) is 6.41. The topological polar surface area (TPSA) is 97.4 Å². The van der Waals surface area contributed by atoms with Gasteiger partial charge in [-0.25, -0.2) is 16.8 Å². The molecule has 0 aliphatic carbocycles. The second kappa shape index (κ2) is 8.21. The maximum atomic E-state index is 13.0. The van der Waals surface area contributed by atoms with Gasteiger partial charge in [0.15, 0.2) is 4.58 Å². The monoisotopic (exact) mass is 481 g/mol. The van der Waals surface area contributed by atoms with Gasteiger partial charge in [0.05, 0.1) is 5.54 Å². The van der Waals surface area contributed by atoms with Gasteiger partial charge in [-0.2, -0.15) is 26.3 Å². The van der Waals surface area contributed by atoms with Gasteiger partial charge >= 0.3 is 11.0 Å². The Kier molecular flexibility index (Phi) is 7.10. The number of hydrogen-bond donors (Lipinski definition) is 1. The summed E-state index contributed by atoms with van der Waals surface area (Å²) in [4.78, 5) is 12.1. The minimum absolute atomic E-state index is 0.126. The number of rotatable bonds is 7. The van der Waals surface area contributed by atoms with E-state index >= 15 is 0 Å². The molecule has 30 heavy (non-hydrogen) atoms. The third kappa shape index (κ3) is 5.14. The second-order valence-corrected chi connectivity index (χ2v) is 11.1. The highest BCUT2D eigenvalue weighted by Crippen LogP contribution is 2.41. The summed E-state index contributed by atoms with van der Waals surface area (Å²) < 4.78 is 122. The van der Waals surface area contributed by atoms with E-state index in [1.807, 2.05) is 0 Å². The number of carbonyl (C=O) groups excluding carboxylic acids is 1. The number of nitrogens with one attached hydrogen (secondary N) is 1. The predicted octanol–water partition coefficient (Wildman–Crippen LogP) is 3.18. The number of sulfone groups is 2. The van der Waals surface area contributed by atoms with Gasteiger partial charge in [0.25, 0.3) is 19.7 Å². The molecule has 0 aliphatic rings. The van der Waals surface area contributed by atoms with E-state index < -0.39 is 53.1 Å². The Bertz CT molecular complexity index is 972. The molecule has 1 amide bonds. The Hall–Kier alpha value is -2.09. The van der Waals surface area contributed by atoms with Crippen LogP contribution in [0.25, 0.3) is 0 Å². The van der Waals surface area contributed by atoms with Crippen LogP contribution in [0, 0.1) is 0 Å². The molecule has 0 aromatic heterocycles. The van der Waals surface area contributed by atoms with Crippen molar-refractivity contribution >= 4 is 25.6 Å². The summed E-state index contributed by atoms with van der Waals surface area (Å²) in [7, 11) is -13.7. The molecule has 1 unspecified atom stereocenters. The van der Waals surface area contributed by atoms with E-state index in [1.54, 1.807) is 0 Å². The van der Waals surface area contributed by atoms with Gasteiger partial charge in [0, 0.05) is 12.0 Å². The van der Waals surface area contributed by atoms with Crippen LogP contribution in [0.5, 0.6) is 0 Å². The average molecular weight is 481 g/mol. The molecule has 1 atom stereocenters. The highest BCUT2D eigenvalue weighted by atomic mass is 32.3. The molecule has 0 aliphatic heterocycles. The zero-order chi connectivity index (χ0) is 23.8. The molecule has 0 fully saturated rings. The molecule has 6 nitrogen and oxygen atoms in total. The lowest BCUT2D eigenvalue weighted by molar-refractivity contribution is -0.119. The summed E-state index contributed by atoms with van der Waals surface area (Å²) >= 11 is 0. The standard InChI is InChI=1S/C16H17F6NO5S2/c1-10(2)13(24)23-14(3,11-7-5-4-6-8-11)9-12(29(25,26)15(17,18)19)30(27,28)16(20,21)22/h4-8,12H,1,9H2,2-3H3,(H,23,24). The van der Waals surface area contributed by atoms with Crippen LogP contribution in [0.1, 0.15) is 25.8 Å². The molecular formula is C16H17F6NO5S2. The number of amides is 1. The zero-order valence-corrected chi connectivity index (χ0v) is 17.1. The normalized spacial score (nSPS) is 15.5. The third-order valence-corrected chi connectivity index (χ3v) is 8.63. The molecular weight excluding hydrogens is 464 g/mol. The van der Waals surface area contributed by atoms with Crippen LogP contribution in [0.2, 0.25) is 0 Å². The van der Waals surface area contributed by atoms with Crippen LogP contribution in [-0.4, -0.2) is 38.3 Å². The lowest BCUT2D eigenvalue weighted by Crippen LogP contribution is -2.52. The Morgan fingerprint density at radius 3 is 1.70 bits per heavy atom. The van der Waals surface area contributed by atoms with Gasteiger partial charge in [-0.3, -0.25) is 4.79 Å². The third-order valence-electron chi connectivity index (χ3n) is 4.10. The molecule has 0 saturated heterocycles. The van der Waals surface area contributed by atoms with Crippen molar-refractivity contribution in [3.05, 3.63) is 48.0 Å². The molecule has 170 valence electrons. The molecule has 1 aromatic rings. The maximum absolute atomic E-state index is 13.0. The van der Waals surface area contributed by atoms with Crippen LogP contribution in [-0.2, 0) is 30.0 Å². The molecule has 0 heterocycles. The van der Waals surface area contributed by atoms with E-state index in [9.17, 15) is 48.0 Å². The van der Waals surface area contributed by atoms with Gasteiger partial charge < -0.3 is 5.32 Å². The summed E-state index contributed by atoms with van der Waals surface area (Å²) in [6.07, 6.45) is -1.76. The molecule has 14 heteroatoms. The van der Waals surface area contributed by atoms with Crippen LogP contribution in [0.15, 0.2) is 42.5 Å². The number of halogens is 6. The van der Waals surface area contributed by atoms with E-state index in [4.69, 9.17) is 0 Å². The molecule has 0 bridgehead atoms. The number of hydrogen-bond acceptors (Lipinski definition) is 5. The number of carbonyl (C=O) groups is 1. The SMILES string of the molecule is C=C(C)C(=O)NC(C)(CC(S(=O)(=O)C(F)(F)F)S(=O)(=O)C(F)(F)F)c1ccccc1. The first-order chi connectivity index (χ1) is 13.3. The van der Waals surface area contributed by atoms with E-state index in [0.29, 0.717) is 0 Å². The van der Waals surface area contributed by atoms with Crippen LogP contribution in [0.3, 0.4) is 0 Å². The fourth-order valence-corrected chi connectivity index (χ4v) is 6.11. The summed E-state index contributed by atoms with van der Waals surface area (Å²) in [5.41, 5.74) is -15.2. The Morgan fingerprint density at radius 2 is 1.37 bits per heavy atom. The number of benzene rings is 1. The van der Waals surface area contributed by atoms with Crippen LogP contribution < -0.4 is 5.32 Å². The summed E-state index contributed by atoms with van der Waals surface area (Å²) in [5, 5.41) is 2.08. The Morgan fingerprint density at radius 1 is 0.967 bits per heavy atom. The summed E-state index contributed by atoms with van der Waals surface area (Å²) in [6.45, 7) is 5.37. The predicted molar refractivity (Wildman–Crippen MR) is 95.1 cm³/mol. The van der Waals surface area contributed by atoms with Crippen LogP contribution in [0.4, 0.5) is 26.3 Å². The molecule has 0 radical (unpaired) electrons. The van der Waals surface area contributed by atoms with Gasteiger partial charge in [-0.1, -0.05) is 36.9 Å². The molecule has 1 rings (SSSR count). The quantitative estimate of drug-likeness (QED) is 0.477. The van der Waals surface area contributed by atoms with E-state index in [1.165, 1.54) is 37.3 Å². The first kappa shape index (κ1) is 25.9. The summed E-state index contributed by atoms with van der Waals surface area (Å²) in [5.74, 6) is -1.03. The minimum atomic E-state index is -6.86. The highest BCUT2D eigenvalue weighted by Gasteiger charge is 2.64. The average Bonchev–Trinajstić information content (AvgIpc) is 2.58. The van der Waals surface area contributed by atoms with Crippen LogP contribution >= 0.6 is 0 Å². The van der Waals surface area contributed by atoms with E-state index in [2.05, 4.69) is 11.9 Å². The lowest BCUT2D eigenvalue weighted by Gasteiger charge is -2.35. The smallest absolute Gasteiger partial charge is 0.343 e. The van der Waals surface area contributed by atoms with Crippen molar-refractivity contribution in [3.63, 3.8) is 0 Å². The minimum Gasteiger partial charge on any atom is -0.343 e. The molecule has 1 aromatic carbocycles. The largest absolute Gasteiger partial charge is 0.498 e. The first-order valence-electron chi connectivity index (χ1n) is 7.91. The van der Waals surface area contributed by atoms with Gasteiger partial charge in [-0.05, 0) is 19.4 Å². The fourth-order valence-electron chi connectivity index (χ4n) is 2.42. The van der Waals surface area contributed by atoms with Gasteiger partial charge in [-0.15, -0.1) is 0 Å². The fraction of sp³-hybridized carbons (Fsp3) is 0.438. The van der Waals surface area contributed by atoms with Crippen molar-refractivity contribution < 1.29 is 48.0 Å². The van der Waals surface area contributed by atoms with Crippen molar-refractivity contribution in [2.45, 2.75) is 41.4 Å². The molecule has 1 N–H and O–H groups in total. The van der Waals surface area contributed by atoms with Crippen molar-refractivity contribution in [3.8, 4) is 0 Å². The van der Waals surface area contributed by atoms with Crippen molar-refractivity contribution in [2.75, 3.05) is 0 Å². The molecule has 0 saturated carbocycles. The highest BCUT2D eigenvalue weighted by molar-refractivity contribution is 8.09.